The second kappa shape index (κ2) is 8.05. The van der Waals surface area contributed by atoms with Crippen LogP contribution in [0.15, 0.2) is 41.3 Å². The number of hydrogen-bond acceptors (Lipinski definition) is 7. The molecule has 0 aliphatic carbocycles. The second-order valence-corrected chi connectivity index (χ2v) is 11.8. The molecule has 2 aromatic carbocycles. The Morgan fingerprint density at radius 3 is 2.00 bits per heavy atom. The predicted octanol–water partition coefficient (Wildman–Crippen LogP) is 2.40. The lowest BCUT2D eigenvalue weighted by Crippen LogP contribution is -2.29. The molecule has 2 N–H and O–H groups in total. The summed E-state index contributed by atoms with van der Waals surface area (Å²) in [6.07, 6.45) is 1.57. The summed E-state index contributed by atoms with van der Waals surface area (Å²) in [7, 11) is -12.3. The number of rotatable bonds is 7. The third-order valence-electron chi connectivity index (χ3n) is 2.93. The Bertz CT molecular complexity index is 1230. The van der Waals surface area contributed by atoms with Gasteiger partial charge in [-0.05, 0) is 30.3 Å². The summed E-state index contributed by atoms with van der Waals surface area (Å²) in [5.41, 5.74) is -0.0909. The quantitative estimate of drug-likeness (QED) is 0.610. The molecule has 2 aromatic rings. The molecule has 0 atom stereocenters. The van der Waals surface area contributed by atoms with Crippen molar-refractivity contribution in [3.63, 3.8) is 0 Å². The Kier molecular flexibility index (Phi) is 6.53. The zero-order valence-electron chi connectivity index (χ0n) is 14.3. The fourth-order valence-electron chi connectivity index (χ4n) is 1.96. The highest BCUT2D eigenvalue weighted by atomic mass is 35.5. The average Bonchev–Trinajstić information content (AvgIpc) is 2.47. The molecule has 0 saturated carbocycles. The fourth-order valence-corrected chi connectivity index (χ4v) is 5.47. The van der Waals surface area contributed by atoms with Gasteiger partial charge in [0.2, 0.25) is 20.0 Å². The molecule has 28 heavy (non-hydrogen) atoms. The van der Waals surface area contributed by atoms with Crippen LogP contribution < -0.4 is 13.6 Å². The molecular formula is C14H14Cl2N2O7S3. The van der Waals surface area contributed by atoms with Crippen molar-refractivity contribution in [2.45, 2.75) is 4.90 Å². The summed E-state index contributed by atoms with van der Waals surface area (Å²) in [6.45, 7) is 0. The number of halogens is 2. The molecular weight excluding hydrogens is 475 g/mol. The van der Waals surface area contributed by atoms with E-state index in [0.717, 1.165) is 24.5 Å². The van der Waals surface area contributed by atoms with E-state index < -0.39 is 35.0 Å². The van der Waals surface area contributed by atoms with Gasteiger partial charge in [0.15, 0.2) is 5.75 Å². The minimum absolute atomic E-state index is 0.0632. The van der Waals surface area contributed by atoms with Crippen LogP contribution >= 0.6 is 23.2 Å². The SMILES string of the molecule is CS(=O)(=O)Nc1ccc(S(=O)(=O)NS(C)(=O)=O)cc1Oc1ccc(Cl)cc1Cl. The lowest BCUT2D eigenvalue weighted by atomic mass is 10.3. The van der Waals surface area contributed by atoms with Gasteiger partial charge in [0.05, 0.1) is 28.1 Å². The summed E-state index contributed by atoms with van der Waals surface area (Å²) < 4.78 is 79.4. The first kappa shape index (κ1) is 22.7. The first-order valence-electron chi connectivity index (χ1n) is 7.15. The number of benzene rings is 2. The minimum atomic E-state index is -4.46. The van der Waals surface area contributed by atoms with Crippen molar-refractivity contribution in [1.29, 1.82) is 0 Å². The van der Waals surface area contributed by atoms with Crippen LogP contribution in [0, 0.1) is 0 Å². The number of hydrogen-bond donors (Lipinski definition) is 2. The number of nitrogens with one attached hydrogen (secondary N) is 2. The van der Waals surface area contributed by atoms with E-state index >= 15 is 0 Å². The summed E-state index contributed by atoms with van der Waals surface area (Å²) in [4.78, 5) is -0.475. The molecule has 14 heteroatoms. The second-order valence-electron chi connectivity index (χ2n) is 5.57. The van der Waals surface area contributed by atoms with Gasteiger partial charge in [-0.15, -0.1) is 4.13 Å². The number of ether oxygens (including phenoxy) is 1. The van der Waals surface area contributed by atoms with E-state index in [0.29, 0.717) is 11.3 Å². The highest BCUT2D eigenvalue weighted by Crippen LogP contribution is 2.36. The fraction of sp³-hybridized carbons (Fsp3) is 0.143. The Labute approximate surface area is 172 Å². The summed E-state index contributed by atoms with van der Waals surface area (Å²) in [5, 5.41) is 0.404. The van der Waals surface area contributed by atoms with E-state index in [-0.39, 0.29) is 22.2 Å². The molecule has 0 aliphatic rings. The molecule has 154 valence electrons. The molecule has 0 fully saturated rings. The van der Waals surface area contributed by atoms with Gasteiger partial charge in [0, 0.05) is 11.1 Å². The maximum atomic E-state index is 12.2. The van der Waals surface area contributed by atoms with Gasteiger partial charge in [-0.2, -0.15) is 0 Å². The molecule has 0 aliphatic heterocycles. The minimum Gasteiger partial charge on any atom is -0.454 e. The Hall–Kier alpha value is -1.57. The molecule has 0 unspecified atom stereocenters. The van der Waals surface area contributed by atoms with Crippen molar-refractivity contribution < 1.29 is 30.0 Å². The number of sulfonamides is 3. The highest BCUT2D eigenvalue weighted by molar-refractivity contribution is 8.04. The topological polar surface area (TPSA) is 136 Å². The molecule has 9 nitrogen and oxygen atoms in total. The van der Waals surface area contributed by atoms with Crippen molar-refractivity contribution in [2.24, 2.45) is 0 Å². The summed E-state index contributed by atoms with van der Waals surface area (Å²) >= 11 is 11.8. The van der Waals surface area contributed by atoms with Gasteiger partial charge in [-0.1, -0.05) is 23.2 Å². The lowest BCUT2D eigenvalue weighted by molar-refractivity contribution is 0.483. The van der Waals surface area contributed by atoms with Gasteiger partial charge in [-0.3, -0.25) is 4.72 Å². The average molecular weight is 489 g/mol. The van der Waals surface area contributed by atoms with Crippen molar-refractivity contribution in [1.82, 2.24) is 4.13 Å². The first-order valence-corrected chi connectivity index (χ1v) is 13.2. The van der Waals surface area contributed by atoms with Crippen LogP contribution in [0.5, 0.6) is 11.5 Å². The zero-order valence-corrected chi connectivity index (χ0v) is 18.3. The lowest BCUT2D eigenvalue weighted by Gasteiger charge is -2.15. The molecule has 0 heterocycles. The molecule has 0 amide bonds. The molecule has 0 spiro atoms. The smallest absolute Gasteiger partial charge is 0.253 e. The van der Waals surface area contributed by atoms with E-state index in [1.165, 1.54) is 22.3 Å². The molecule has 0 aromatic heterocycles. The third-order valence-corrected chi connectivity index (χ3v) is 7.02. The van der Waals surface area contributed by atoms with Gasteiger partial charge < -0.3 is 4.74 Å². The first-order chi connectivity index (χ1) is 12.7. The maximum absolute atomic E-state index is 12.2. The number of anilines is 1. The van der Waals surface area contributed by atoms with Gasteiger partial charge >= 0.3 is 0 Å². The van der Waals surface area contributed by atoms with Crippen molar-refractivity contribution in [3.05, 3.63) is 46.4 Å². The molecule has 0 radical (unpaired) electrons. The molecule has 0 bridgehead atoms. The van der Waals surface area contributed by atoms with Crippen LogP contribution in [0.25, 0.3) is 0 Å². The van der Waals surface area contributed by atoms with Crippen LogP contribution in [-0.4, -0.2) is 37.8 Å². The van der Waals surface area contributed by atoms with Crippen LogP contribution in [0.2, 0.25) is 10.0 Å². The van der Waals surface area contributed by atoms with Crippen LogP contribution in [-0.2, 0) is 30.1 Å². The standard InChI is InChI=1S/C14H14Cl2N2O7S3/c1-26(19,20)17-12-5-4-10(28(23,24)18-27(2,21)22)8-14(12)25-13-6-3-9(15)7-11(13)16/h3-8,17-18H,1-2H3. The van der Waals surface area contributed by atoms with E-state index in [9.17, 15) is 25.3 Å². The van der Waals surface area contributed by atoms with E-state index in [4.69, 9.17) is 27.9 Å². The van der Waals surface area contributed by atoms with E-state index in [2.05, 4.69) is 4.72 Å². The van der Waals surface area contributed by atoms with Crippen molar-refractivity contribution >= 4 is 59.0 Å². The largest absolute Gasteiger partial charge is 0.454 e. The van der Waals surface area contributed by atoms with Crippen LogP contribution in [0.3, 0.4) is 0 Å². The predicted molar refractivity (Wildman–Crippen MR) is 107 cm³/mol. The zero-order chi connectivity index (χ0) is 21.3. The third kappa shape index (κ3) is 6.50. The van der Waals surface area contributed by atoms with E-state index in [1.54, 1.807) is 0 Å². The van der Waals surface area contributed by atoms with Crippen molar-refractivity contribution in [3.8, 4) is 11.5 Å². The summed E-state index contributed by atoms with van der Waals surface area (Å²) in [5.74, 6) is -0.167. The Morgan fingerprint density at radius 1 is 0.821 bits per heavy atom. The Balaban J connectivity index is 2.58. The normalized spacial score (nSPS) is 12.6. The summed E-state index contributed by atoms with van der Waals surface area (Å²) in [6, 6.07) is 7.29. The van der Waals surface area contributed by atoms with Gasteiger partial charge in [0.25, 0.3) is 10.0 Å². The molecule has 2 rings (SSSR count). The molecule has 0 saturated heterocycles. The maximum Gasteiger partial charge on any atom is 0.253 e. The van der Waals surface area contributed by atoms with Crippen LogP contribution in [0.1, 0.15) is 0 Å². The highest BCUT2D eigenvalue weighted by Gasteiger charge is 2.22. The van der Waals surface area contributed by atoms with E-state index in [1.807, 2.05) is 0 Å². The Morgan fingerprint density at radius 2 is 1.46 bits per heavy atom. The monoisotopic (exact) mass is 488 g/mol. The van der Waals surface area contributed by atoms with Crippen LogP contribution in [0.4, 0.5) is 5.69 Å². The van der Waals surface area contributed by atoms with Gasteiger partial charge in [-0.25, -0.2) is 25.3 Å². The van der Waals surface area contributed by atoms with Gasteiger partial charge in [0.1, 0.15) is 5.75 Å². The van der Waals surface area contributed by atoms with Crippen molar-refractivity contribution in [2.75, 3.05) is 17.2 Å².